The van der Waals surface area contributed by atoms with Crippen molar-refractivity contribution in [2.75, 3.05) is 0 Å². The lowest BCUT2D eigenvalue weighted by molar-refractivity contribution is 1.51. The molecule has 1 aromatic carbocycles. The maximum absolute atomic E-state index is 5.45. The molecule has 1 nitrogen and oxygen atoms in total. The Bertz CT molecular complexity index is 198. The minimum atomic E-state index is 0.646. The van der Waals surface area contributed by atoms with Gasteiger partial charge in [-0.25, -0.2) is 0 Å². The van der Waals surface area contributed by atoms with E-state index in [1.54, 1.807) is 0 Å². The molecule has 0 aliphatic rings. The third-order valence-corrected chi connectivity index (χ3v) is 1.48. The summed E-state index contributed by atoms with van der Waals surface area (Å²) in [6, 6.07) is 8.15. The fourth-order valence-electron chi connectivity index (χ4n) is 0.839. The van der Waals surface area contributed by atoms with Crippen molar-refractivity contribution >= 4 is 12.9 Å². The van der Waals surface area contributed by atoms with Crippen LogP contribution < -0.4 is 11.1 Å². The fraction of sp³-hybridized carbons (Fsp3) is 0.143. The predicted octanol–water partition coefficient (Wildman–Crippen LogP) is -0.0695. The summed E-state index contributed by atoms with van der Waals surface area (Å²) < 4.78 is 0. The highest BCUT2D eigenvalue weighted by Gasteiger charge is 1.91. The summed E-state index contributed by atoms with van der Waals surface area (Å²) in [6.45, 7) is 2.07. The van der Waals surface area contributed by atoms with Gasteiger partial charge in [0.15, 0.2) is 0 Å². The Morgan fingerprint density at radius 2 is 2.00 bits per heavy atom. The lowest BCUT2D eigenvalue weighted by atomic mass is 9.82. The van der Waals surface area contributed by atoms with Crippen LogP contribution in [0.25, 0.3) is 0 Å². The average molecular weight is 119 g/mol. The predicted molar refractivity (Wildman–Crippen MR) is 42.1 cm³/mol. The first kappa shape index (κ1) is 6.37. The van der Waals surface area contributed by atoms with Crippen LogP contribution in [-0.4, -0.2) is 7.41 Å². The fourth-order valence-corrected chi connectivity index (χ4v) is 0.839. The normalized spacial score (nSPS) is 9.11. The van der Waals surface area contributed by atoms with Crippen molar-refractivity contribution in [1.29, 1.82) is 0 Å². The molecule has 1 rings (SSSR count). The van der Waals surface area contributed by atoms with E-state index >= 15 is 0 Å². The maximum atomic E-state index is 5.45. The molecule has 0 saturated carbocycles. The van der Waals surface area contributed by atoms with Gasteiger partial charge in [0, 0.05) is 0 Å². The lowest BCUT2D eigenvalue weighted by Gasteiger charge is -1.97. The Morgan fingerprint density at radius 3 is 2.44 bits per heavy atom. The Hall–Kier alpha value is -0.755. The Labute approximate surface area is 56.1 Å². The molecule has 0 unspecified atom stereocenters. The number of aryl methyl sites for hydroxylation is 1. The van der Waals surface area contributed by atoms with Crippen molar-refractivity contribution in [3.05, 3.63) is 29.8 Å². The first-order valence-corrected chi connectivity index (χ1v) is 3.09. The standard InChI is InChI=1S/C7H10BN/c1-6-4-2-3-5-7(6)8-9/h2-5,8H,9H2,1H3. The van der Waals surface area contributed by atoms with Crippen LogP contribution in [0.5, 0.6) is 0 Å². The van der Waals surface area contributed by atoms with E-state index < -0.39 is 0 Å². The van der Waals surface area contributed by atoms with Crippen LogP contribution in [0.15, 0.2) is 24.3 Å². The second-order valence-electron chi connectivity index (χ2n) is 2.13. The Balaban J connectivity index is 3.01. The first-order valence-electron chi connectivity index (χ1n) is 3.09. The maximum Gasteiger partial charge on any atom is 0.233 e. The van der Waals surface area contributed by atoms with E-state index in [2.05, 4.69) is 19.1 Å². The summed E-state index contributed by atoms with van der Waals surface area (Å²) in [5.41, 5.74) is 7.96. The molecule has 2 N–H and O–H groups in total. The molecular weight excluding hydrogens is 109 g/mol. The van der Waals surface area contributed by atoms with Crippen LogP contribution >= 0.6 is 0 Å². The molecule has 1 aromatic rings. The summed E-state index contributed by atoms with van der Waals surface area (Å²) in [6.07, 6.45) is 0. The second-order valence-corrected chi connectivity index (χ2v) is 2.13. The van der Waals surface area contributed by atoms with Gasteiger partial charge in [0.25, 0.3) is 0 Å². The van der Waals surface area contributed by atoms with Crippen molar-refractivity contribution in [2.45, 2.75) is 6.92 Å². The Kier molecular flexibility index (Phi) is 1.90. The van der Waals surface area contributed by atoms with Gasteiger partial charge in [0.2, 0.25) is 7.41 Å². The quantitative estimate of drug-likeness (QED) is 0.514. The summed E-state index contributed by atoms with van der Waals surface area (Å²) in [7, 11) is 0.646. The van der Waals surface area contributed by atoms with Crippen LogP contribution in [-0.2, 0) is 0 Å². The van der Waals surface area contributed by atoms with Crippen molar-refractivity contribution in [1.82, 2.24) is 0 Å². The molecule has 0 aromatic heterocycles. The number of hydrogen-bond acceptors (Lipinski definition) is 1. The van der Waals surface area contributed by atoms with Gasteiger partial charge in [-0.15, -0.1) is 0 Å². The Morgan fingerprint density at radius 1 is 1.33 bits per heavy atom. The summed E-state index contributed by atoms with van der Waals surface area (Å²) >= 11 is 0. The third kappa shape index (κ3) is 1.33. The molecule has 0 atom stereocenters. The SMILES string of the molecule is Cc1ccccc1BN. The summed E-state index contributed by atoms with van der Waals surface area (Å²) in [5.74, 6) is 0. The van der Waals surface area contributed by atoms with Crippen molar-refractivity contribution in [3.8, 4) is 0 Å². The van der Waals surface area contributed by atoms with Gasteiger partial charge in [-0.3, -0.25) is 0 Å². The van der Waals surface area contributed by atoms with Crippen LogP contribution in [0.4, 0.5) is 0 Å². The molecule has 0 spiro atoms. The molecule has 0 fully saturated rings. The molecule has 0 aliphatic heterocycles. The molecule has 9 heavy (non-hydrogen) atoms. The molecule has 46 valence electrons. The van der Waals surface area contributed by atoms with Gasteiger partial charge in [-0.2, -0.15) is 0 Å². The lowest BCUT2D eigenvalue weighted by Crippen LogP contribution is -2.24. The van der Waals surface area contributed by atoms with Crippen molar-refractivity contribution in [2.24, 2.45) is 5.64 Å². The van der Waals surface area contributed by atoms with Crippen LogP contribution in [0.2, 0.25) is 0 Å². The van der Waals surface area contributed by atoms with E-state index in [1.165, 1.54) is 11.0 Å². The summed E-state index contributed by atoms with van der Waals surface area (Å²) in [5, 5.41) is 0. The van der Waals surface area contributed by atoms with Gasteiger partial charge in [0.1, 0.15) is 0 Å². The zero-order chi connectivity index (χ0) is 6.69. The topological polar surface area (TPSA) is 26.0 Å². The van der Waals surface area contributed by atoms with Gasteiger partial charge in [-0.1, -0.05) is 35.3 Å². The van der Waals surface area contributed by atoms with Gasteiger partial charge in [0.05, 0.1) is 0 Å². The number of hydrogen-bond donors (Lipinski definition) is 1. The second kappa shape index (κ2) is 2.69. The zero-order valence-corrected chi connectivity index (χ0v) is 5.59. The molecule has 0 radical (unpaired) electrons. The molecule has 0 aliphatic carbocycles. The number of rotatable bonds is 1. The molecule has 2 heteroatoms. The van der Waals surface area contributed by atoms with E-state index in [0.29, 0.717) is 7.41 Å². The van der Waals surface area contributed by atoms with Crippen LogP contribution in [0.3, 0.4) is 0 Å². The third-order valence-electron chi connectivity index (χ3n) is 1.48. The van der Waals surface area contributed by atoms with E-state index in [0.717, 1.165) is 0 Å². The zero-order valence-electron chi connectivity index (χ0n) is 5.59. The highest BCUT2D eigenvalue weighted by Crippen LogP contribution is 1.89. The average Bonchev–Trinajstić information content (AvgIpc) is 1.89. The summed E-state index contributed by atoms with van der Waals surface area (Å²) in [4.78, 5) is 0. The highest BCUT2D eigenvalue weighted by molar-refractivity contribution is 6.50. The molecule has 0 saturated heterocycles. The molecular formula is C7H10BN. The number of benzene rings is 1. The van der Waals surface area contributed by atoms with Gasteiger partial charge >= 0.3 is 0 Å². The highest BCUT2D eigenvalue weighted by atomic mass is 14.4. The minimum absolute atomic E-state index is 0.646. The van der Waals surface area contributed by atoms with E-state index in [-0.39, 0.29) is 0 Å². The molecule has 0 bridgehead atoms. The smallest absolute Gasteiger partial charge is 0.233 e. The minimum Gasteiger partial charge on any atom is -0.369 e. The van der Waals surface area contributed by atoms with Crippen molar-refractivity contribution < 1.29 is 0 Å². The van der Waals surface area contributed by atoms with E-state index in [9.17, 15) is 0 Å². The number of nitrogens with two attached hydrogens (primary N) is 1. The van der Waals surface area contributed by atoms with Gasteiger partial charge in [-0.05, 0) is 6.92 Å². The molecule has 0 amide bonds. The van der Waals surface area contributed by atoms with Gasteiger partial charge < -0.3 is 5.64 Å². The van der Waals surface area contributed by atoms with Crippen LogP contribution in [0, 0.1) is 6.92 Å². The monoisotopic (exact) mass is 119 g/mol. The van der Waals surface area contributed by atoms with E-state index in [1.807, 2.05) is 12.1 Å². The molecule has 0 heterocycles. The van der Waals surface area contributed by atoms with Crippen LogP contribution in [0.1, 0.15) is 5.56 Å². The first-order chi connectivity index (χ1) is 4.34. The largest absolute Gasteiger partial charge is 0.369 e. The van der Waals surface area contributed by atoms with Crippen molar-refractivity contribution in [3.63, 3.8) is 0 Å². The van der Waals surface area contributed by atoms with E-state index in [4.69, 9.17) is 5.64 Å².